The van der Waals surface area contributed by atoms with Crippen LogP contribution in [0.3, 0.4) is 0 Å². The summed E-state index contributed by atoms with van der Waals surface area (Å²) in [7, 11) is 0. The Morgan fingerprint density at radius 2 is 2.14 bits per heavy atom. The smallest absolute Gasteiger partial charge is 0.238 e. The minimum atomic E-state index is -0.358. The third-order valence-electron chi connectivity index (χ3n) is 3.78. The van der Waals surface area contributed by atoms with Gasteiger partial charge >= 0.3 is 0 Å². The second-order valence-corrected chi connectivity index (χ2v) is 6.06. The summed E-state index contributed by atoms with van der Waals surface area (Å²) in [5, 5.41) is 14.4. The number of carbonyl (C=O) groups excluding carboxylic acids is 1. The second-order valence-electron chi connectivity index (χ2n) is 6.06. The lowest BCUT2D eigenvalue weighted by Crippen LogP contribution is -2.41. The summed E-state index contributed by atoms with van der Waals surface area (Å²) in [5.41, 5.74) is 3.23. The first-order valence-electron chi connectivity index (χ1n) is 7.61. The van der Waals surface area contributed by atoms with Crippen molar-refractivity contribution >= 4 is 17.3 Å². The molecular formula is C15H25N5O2. The summed E-state index contributed by atoms with van der Waals surface area (Å²) in [6, 6.07) is 0. The highest BCUT2D eigenvalue weighted by Crippen LogP contribution is 2.22. The lowest BCUT2D eigenvalue weighted by atomic mass is 10.0. The van der Waals surface area contributed by atoms with Crippen molar-refractivity contribution in [3.63, 3.8) is 0 Å². The van der Waals surface area contributed by atoms with Crippen LogP contribution in [0.1, 0.15) is 38.6 Å². The Bertz CT molecular complexity index is 593. The van der Waals surface area contributed by atoms with Gasteiger partial charge in [-0.2, -0.15) is 5.10 Å². The Morgan fingerprint density at radius 1 is 1.41 bits per heavy atom. The number of hydrogen-bond donors (Lipinski definition) is 2. The van der Waals surface area contributed by atoms with Crippen molar-refractivity contribution in [1.82, 2.24) is 15.1 Å². The van der Waals surface area contributed by atoms with Crippen LogP contribution >= 0.6 is 0 Å². The van der Waals surface area contributed by atoms with Gasteiger partial charge in [-0.15, -0.1) is 0 Å². The van der Waals surface area contributed by atoms with Crippen LogP contribution in [0.4, 0.5) is 5.69 Å². The van der Waals surface area contributed by atoms with Gasteiger partial charge in [-0.3, -0.25) is 9.48 Å². The topological polar surface area (TPSA) is 80.5 Å². The largest absolute Gasteiger partial charge is 0.388 e. The molecule has 7 nitrogen and oxygen atoms in total. The molecule has 0 aromatic carbocycles. The zero-order valence-corrected chi connectivity index (χ0v) is 14.0. The molecule has 1 aromatic rings. The van der Waals surface area contributed by atoms with Crippen LogP contribution in [-0.4, -0.2) is 40.1 Å². The van der Waals surface area contributed by atoms with E-state index in [0.29, 0.717) is 6.54 Å². The first-order chi connectivity index (χ1) is 10.3. The van der Waals surface area contributed by atoms with Crippen LogP contribution in [0.2, 0.25) is 0 Å². The molecule has 1 aliphatic heterocycles. The van der Waals surface area contributed by atoms with Gasteiger partial charge in [-0.1, -0.05) is 5.16 Å². The quantitative estimate of drug-likeness (QED) is 0.836. The molecule has 0 fully saturated rings. The number of nitrogens with zero attached hydrogens (tertiary/aromatic N) is 3. The van der Waals surface area contributed by atoms with Crippen LogP contribution in [0, 0.1) is 13.8 Å². The van der Waals surface area contributed by atoms with Gasteiger partial charge in [0.15, 0.2) is 5.60 Å². The first-order valence-corrected chi connectivity index (χ1v) is 7.61. The van der Waals surface area contributed by atoms with E-state index in [-0.39, 0.29) is 18.1 Å². The normalized spacial score (nSPS) is 20.7. The van der Waals surface area contributed by atoms with E-state index in [1.807, 2.05) is 39.3 Å². The van der Waals surface area contributed by atoms with Gasteiger partial charge in [-0.05, 0) is 34.6 Å². The van der Waals surface area contributed by atoms with E-state index in [0.717, 1.165) is 35.8 Å². The molecule has 122 valence electrons. The summed E-state index contributed by atoms with van der Waals surface area (Å²) < 4.78 is 1.88. The molecule has 2 rings (SSSR count). The number of carbonyl (C=O) groups is 1. The molecule has 2 N–H and O–H groups in total. The van der Waals surface area contributed by atoms with E-state index in [2.05, 4.69) is 20.9 Å². The van der Waals surface area contributed by atoms with E-state index in [1.54, 1.807) is 0 Å². The molecule has 1 aromatic heterocycles. The molecule has 0 aliphatic carbocycles. The summed E-state index contributed by atoms with van der Waals surface area (Å²) >= 11 is 0. The highest BCUT2D eigenvalue weighted by molar-refractivity contribution is 5.93. The monoisotopic (exact) mass is 307 g/mol. The highest BCUT2D eigenvalue weighted by atomic mass is 16.7. The van der Waals surface area contributed by atoms with Gasteiger partial charge in [0.25, 0.3) is 0 Å². The van der Waals surface area contributed by atoms with Crippen LogP contribution < -0.4 is 10.6 Å². The maximum atomic E-state index is 12.1. The van der Waals surface area contributed by atoms with Crippen molar-refractivity contribution < 1.29 is 9.63 Å². The predicted molar refractivity (Wildman–Crippen MR) is 86.1 cm³/mol. The zero-order valence-electron chi connectivity index (χ0n) is 14.0. The van der Waals surface area contributed by atoms with Gasteiger partial charge in [0.05, 0.1) is 29.3 Å². The number of aryl methyl sites for hydroxylation is 2. The lowest BCUT2D eigenvalue weighted by molar-refractivity contribution is -0.115. The van der Waals surface area contributed by atoms with E-state index in [4.69, 9.17) is 4.84 Å². The molecule has 0 unspecified atom stereocenters. The third kappa shape index (κ3) is 3.65. The fourth-order valence-electron chi connectivity index (χ4n) is 2.70. The Labute approximate surface area is 131 Å². The van der Waals surface area contributed by atoms with Crippen molar-refractivity contribution in [3.8, 4) is 0 Å². The molecule has 2 heterocycles. The van der Waals surface area contributed by atoms with Gasteiger partial charge in [0, 0.05) is 19.5 Å². The number of anilines is 1. The number of amides is 1. The van der Waals surface area contributed by atoms with Crippen molar-refractivity contribution in [2.45, 2.75) is 53.2 Å². The molecule has 0 saturated heterocycles. The highest BCUT2D eigenvalue weighted by Gasteiger charge is 2.32. The van der Waals surface area contributed by atoms with E-state index in [9.17, 15) is 4.79 Å². The van der Waals surface area contributed by atoms with E-state index in [1.165, 1.54) is 0 Å². The standard InChI is InChI=1S/C15H25N5O2/c1-6-20-12(4)14(11(3)18-20)17-13(21)8-16-9-15(5)7-10(2)19-22-15/h16H,6-9H2,1-5H3,(H,17,21)/t15-/m0/s1. The summed E-state index contributed by atoms with van der Waals surface area (Å²) in [6.07, 6.45) is 0.781. The van der Waals surface area contributed by atoms with E-state index >= 15 is 0 Å². The van der Waals surface area contributed by atoms with Crippen LogP contribution in [-0.2, 0) is 16.2 Å². The fourth-order valence-corrected chi connectivity index (χ4v) is 2.70. The van der Waals surface area contributed by atoms with Crippen LogP contribution in [0.25, 0.3) is 0 Å². The van der Waals surface area contributed by atoms with E-state index < -0.39 is 0 Å². The summed E-state index contributed by atoms with van der Waals surface area (Å²) in [5.74, 6) is -0.0823. The molecule has 7 heteroatoms. The average Bonchev–Trinajstić information content (AvgIpc) is 2.92. The van der Waals surface area contributed by atoms with Gasteiger partial charge < -0.3 is 15.5 Å². The lowest BCUT2D eigenvalue weighted by Gasteiger charge is -2.21. The molecule has 1 amide bonds. The molecule has 1 aliphatic rings. The minimum Gasteiger partial charge on any atom is -0.388 e. The zero-order chi connectivity index (χ0) is 16.3. The van der Waals surface area contributed by atoms with Crippen LogP contribution in [0.15, 0.2) is 5.16 Å². The maximum Gasteiger partial charge on any atom is 0.238 e. The van der Waals surface area contributed by atoms with Crippen molar-refractivity contribution in [2.75, 3.05) is 18.4 Å². The van der Waals surface area contributed by atoms with Crippen LogP contribution in [0.5, 0.6) is 0 Å². The molecule has 0 radical (unpaired) electrons. The molecule has 0 saturated carbocycles. The average molecular weight is 307 g/mol. The number of nitrogens with one attached hydrogen (secondary N) is 2. The van der Waals surface area contributed by atoms with Crippen molar-refractivity contribution in [1.29, 1.82) is 0 Å². The van der Waals surface area contributed by atoms with Crippen molar-refractivity contribution in [3.05, 3.63) is 11.4 Å². The van der Waals surface area contributed by atoms with Gasteiger partial charge in [-0.25, -0.2) is 0 Å². The Kier molecular flexibility index (Phi) is 4.85. The Hall–Kier alpha value is -1.89. The molecule has 0 spiro atoms. The number of hydrogen-bond acceptors (Lipinski definition) is 5. The summed E-state index contributed by atoms with van der Waals surface area (Å²) in [6.45, 7) is 11.4. The fraction of sp³-hybridized carbons (Fsp3) is 0.667. The third-order valence-corrected chi connectivity index (χ3v) is 3.78. The Balaban J connectivity index is 1.83. The molecule has 0 bridgehead atoms. The second kappa shape index (κ2) is 6.48. The minimum absolute atomic E-state index is 0.0823. The SMILES string of the molecule is CCn1nc(C)c(NC(=O)CNC[C@]2(C)CC(C)=NO2)c1C. The maximum absolute atomic E-state index is 12.1. The number of aromatic nitrogens is 2. The molecule has 22 heavy (non-hydrogen) atoms. The molecule has 1 atom stereocenters. The summed E-state index contributed by atoms with van der Waals surface area (Å²) in [4.78, 5) is 17.5. The number of rotatable bonds is 6. The Morgan fingerprint density at radius 3 is 2.68 bits per heavy atom. The van der Waals surface area contributed by atoms with Crippen molar-refractivity contribution in [2.24, 2.45) is 5.16 Å². The predicted octanol–water partition coefficient (Wildman–Crippen LogP) is 1.60. The molecular weight excluding hydrogens is 282 g/mol. The number of oxime groups is 1. The van der Waals surface area contributed by atoms with Gasteiger partial charge in [0.2, 0.25) is 5.91 Å². The van der Waals surface area contributed by atoms with Gasteiger partial charge in [0.1, 0.15) is 0 Å². The first kappa shape index (κ1) is 16.5.